The Bertz CT molecular complexity index is 257. The number of thiophene rings is 1. The molecule has 0 aliphatic rings. The van der Waals surface area contributed by atoms with Crippen LogP contribution in [0.15, 0.2) is 17.5 Å². The predicted octanol–water partition coefficient (Wildman–Crippen LogP) is 1.81. The molecule has 0 bridgehead atoms. The molecule has 0 fully saturated rings. The van der Waals surface area contributed by atoms with E-state index in [1.54, 1.807) is 32.1 Å². The molecule has 0 saturated carbocycles. The fourth-order valence-corrected chi connectivity index (χ4v) is 1.82. The number of hydrogen-bond acceptors (Lipinski definition) is 3. The monoisotopic (exact) mass is 200 g/mol. The summed E-state index contributed by atoms with van der Waals surface area (Å²) in [7, 11) is 0. The molecule has 13 heavy (non-hydrogen) atoms. The lowest BCUT2D eigenvalue weighted by Crippen LogP contribution is -2.49. The summed E-state index contributed by atoms with van der Waals surface area (Å²) in [6, 6.07) is 3.91. The molecule has 0 saturated heterocycles. The van der Waals surface area contributed by atoms with Gasteiger partial charge in [0.25, 0.3) is 0 Å². The van der Waals surface area contributed by atoms with Crippen LogP contribution in [0.4, 0.5) is 0 Å². The van der Waals surface area contributed by atoms with Gasteiger partial charge >= 0.3 is 0 Å². The Balaban J connectivity index is 2.73. The maximum absolute atomic E-state index is 9.98. The number of aliphatic hydroxyl groups is 2. The SMILES string of the molecule is CC(C)(O)C(C)(O)Cc1cccs1. The van der Waals surface area contributed by atoms with Crippen LogP contribution in [-0.4, -0.2) is 21.4 Å². The molecule has 0 radical (unpaired) electrons. The molecule has 3 heteroatoms. The van der Waals surface area contributed by atoms with E-state index in [1.807, 2.05) is 17.5 Å². The van der Waals surface area contributed by atoms with Crippen LogP contribution in [0.3, 0.4) is 0 Å². The van der Waals surface area contributed by atoms with Gasteiger partial charge in [0.2, 0.25) is 0 Å². The molecule has 2 nitrogen and oxygen atoms in total. The highest BCUT2D eigenvalue weighted by molar-refractivity contribution is 7.09. The van der Waals surface area contributed by atoms with Gasteiger partial charge in [0, 0.05) is 11.3 Å². The van der Waals surface area contributed by atoms with E-state index in [0.29, 0.717) is 6.42 Å². The third kappa shape index (κ3) is 2.53. The molecule has 0 aliphatic carbocycles. The Kier molecular flexibility index (Phi) is 2.80. The molecule has 1 heterocycles. The van der Waals surface area contributed by atoms with E-state index >= 15 is 0 Å². The maximum atomic E-state index is 9.98. The first kappa shape index (κ1) is 10.7. The molecule has 74 valence electrons. The summed E-state index contributed by atoms with van der Waals surface area (Å²) in [5.74, 6) is 0. The van der Waals surface area contributed by atoms with E-state index in [1.165, 1.54) is 0 Å². The van der Waals surface area contributed by atoms with Crippen molar-refractivity contribution < 1.29 is 10.2 Å². The lowest BCUT2D eigenvalue weighted by atomic mass is 9.84. The minimum Gasteiger partial charge on any atom is -0.387 e. The van der Waals surface area contributed by atoms with Gasteiger partial charge in [0.15, 0.2) is 0 Å². The predicted molar refractivity (Wildman–Crippen MR) is 54.9 cm³/mol. The van der Waals surface area contributed by atoms with Crippen LogP contribution >= 0.6 is 11.3 Å². The fraction of sp³-hybridized carbons (Fsp3) is 0.600. The van der Waals surface area contributed by atoms with Gasteiger partial charge in [-0.2, -0.15) is 0 Å². The molecule has 0 aromatic carbocycles. The summed E-state index contributed by atoms with van der Waals surface area (Å²) in [4.78, 5) is 1.09. The molecule has 0 amide bonds. The summed E-state index contributed by atoms with van der Waals surface area (Å²) in [5, 5.41) is 21.6. The second kappa shape index (κ2) is 3.40. The van der Waals surface area contributed by atoms with Crippen molar-refractivity contribution >= 4 is 11.3 Å². The van der Waals surface area contributed by atoms with Gasteiger partial charge in [-0.3, -0.25) is 0 Å². The van der Waals surface area contributed by atoms with Gasteiger partial charge in [-0.15, -0.1) is 11.3 Å². The zero-order valence-corrected chi connectivity index (χ0v) is 9.06. The summed E-state index contributed by atoms with van der Waals surface area (Å²) in [5.41, 5.74) is -2.14. The largest absolute Gasteiger partial charge is 0.387 e. The van der Waals surface area contributed by atoms with Crippen LogP contribution in [0, 0.1) is 0 Å². The van der Waals surface area contributed by atoms with Gasteiger partial charge in [-0.05, 0) is 32.2 Å². The first-order chi connectivity index (χ1) is 5.83. The van der Waals surface area contributed by atoms with Crippen molar-refractivity contribution in [3.8, 4) is 0 Å². The first-order valence-electron chi connectivity index (χ1n) is 4.30. The molecule has 0 spiro atoms. The van der Waals surface area contributed by atoms with Crippen LogP contribution in [-0.2, 0) is 6.42 Å². The lowest BCUT2D eigenvalue weighted by molar-refractivity contribution is -0.118. The van der Waals surface area contributed by atoms with E-state index in [4.69, 9.17) is 0 Å². The zero-order chi connectivity index (χ0) is 10.1. The number of rotatable bonds is 3. The third-order valence-corrected chi connectivity index (χ3v) is 3.29. The summed E-state index contributed by atoms with van der Waals surface area (Å²) in [6.45, 7) is 4.91. The zero-order valence-electron chi connectivity index (χ0n) is 8.24. The maximum Gasteiger partial charge on any atom is 0.0947 e. The Morgan fingerprint density at radius 3 is 2.31 bits per heavy atom. The molecule has 1 aromatic rings. The van der Waals surface area contributed by atoms with E-state index in [9.17, 15) is 10.2 Å². The van der Waals surface area contributed by atoms with Crippen LogP contribution < -0.4 is 0 Å². The van der Waals surface area contributed by atoms with Crippen LogP contribution in [0.25, 0.3) is 0 Å². The van der Waals surface area contributed by atoms with Crippen molar-refractivity contribution in [1.29, 1.82) is 0 Å². The van der Waals surface area contributed by atoms with Crippen molar-refractivity contribution in [2.24, 2.45) is 0 Å². The second-order valence-electron chi connectivity index (χ2n) is 4.09. The van der Waals surface area contributed by atoms with Crippen molar-refractivity contribution in [2.45, 2.75) is 38.4 Å². The van der Waals surface area contributed by atoms with Gasteiger partial charge in [-0.25, -0.2) is 0 Å². The molecule has 2 N–H and O–H groups in total. The Hall–Kier alpha value is -0.380. The van der Waals surface area contributed by atoms with E-state index in [-0.39, 0.29) is 0 Å². The average Bonchev–Trinajstić information content (AvgIpc) is 2.35. The highest BCUT2D eigenvalue weighted by Crippen LogP contribution is 2.27. The molecule has 1 aromatic heterocycles. The molecular formula is C10H16O2S. The minimum absolute atomic E-state index is 0.494. The normalized spacial score (nSPS) is 17.0. The van der Waals surface area contributed by atoms with E-state index in [2.05, 4.69) is 0 Å². The minimum atomic E-state index is -1.07. The third-order valence-electron chi connectivity index (χ3n) is 2.42. The summed E-state index contributed by atoms with van der Waals surface area (Å²) < 4.78 is 0. The standard InChI is InChI=1S/C10H16O2S/c1-9(2,11)10(3,12)7-8-5-4-6-13-8/h4-6,11-12H,7H2,1-3H3. The first-order valence-corrected chi connectivity index (χ1v) is 5.18. The summed E-state index contributed by atoms with van der Waals surface area (Å²) >= 11 is 1.59. The fourth-order valence-electron chi connectivity index (χ4n) is 0.969. The Morgan fingerprint density at radius 2 is 1.92 bits per heavy atom. The molecule has 0 aliphatic heterocycles. The number of hydrogen-bond donors (Lipinski definition) is 2. The Morgan fingerprint density at radius 1 is 1.31 bits per heavy atom. The summed E-state index contributed by atoms with van der Waals surface area (Å²) in [6.07, 6.45) is 0.494. The van der Waals surface area contributed by atoms with E-state index < -0.39 is 11.2 Å². The van der Waals surface area contributed by atoms with Gasteiger partial charge < -0.3 is 10.2 Å². The van der Waals surface area contributed by atoms with Crippen molar-refractivity contribution in [1.82, 2.24) is 0 Å². The highest BCUT2D eigenvalue weighted by atomic mass is 32.1. The van der Waals surface area contributed by atoms with Crippen LogP contribution in [0.5, 0.6) is 0 Å². The topological polar surface area (TPSA) is 40.5 Å². The van der Waals surface area contributed by atoms with Gasteiger partial charge in [-0.1, -0.05) is 6.07 Å². The van der Waals surface area contributed by atoms with Crippen LogP contribution in [0.2, 0.25) is 0 Å². The average molecular weight is 200 g/mol. The molecular weight excluding hydrogens is 184 g/mol. The van der Waals surface area contributed by atoms with E-state index in [0.717, 1.165) is 4.88 Å². The lowest BCUT2D eigenvalue weighted by Gasteiger charge is -2.35. The van der Waals surface area contributed by atoms with Crippen LogP contribution in [0.1, 0.15) is 25.6 Å². The van der Waals surface area contributed by atoms with Crippen molar-refractivity contribution in [2.75, 3.05) is 0 Å². The van der Waals surface area contributed by atoms with Gasteiger partial charge in [0.1, 0.15) is 0 Å². The van der Waals surface area contributed by atoms with Gasteiger partial charge in [0.05, 0.1) is 11.2 Å². The molecule has 1 atom stereocenters. The highest BCUT2D eigenvalue weighted by Gasteiger charge is 2.37. The molecule has 1 unspecified atom stereocenters. The van der Waals surface area contributed by atoms with Crippen molar-refractivity contribution in [3.05, 3.63) is 22.4 Å². The molecule has 1 rings (SSSR count). The smallest absolute Gasteiger partial charge is 0.0947 e. The Labute approximate surface area is 82.8 Å². The second-order valence-corrected chi connectivity index (χ2v) is 5.12. The van der Waals surface area contributed by atoms with Crippen molar-refractivity contribution in [3.63, 3.8) is 0 Å². The quantitative estimate of drug-likeness (QED) is 0.781.